The number of nitrogens with two attached hydrogens (primary N) is 1. The van der Waals surface area contributed by atoms with Gasteiger partial charge in [-0.3, -0.25) is 4.79 Å². The van der Waals surface area contributed by atoms with Gasteiger partial charge in [0.15, 0.2) is 0 Å². The van der Waals surface area contributed by atoms with E-state index in [-0.39, 0.29) is 5.91 Å². The molecular weight excluding hydrogens is 224 g/mol. The first-order valence-electron chi connectivity index (χ1n) is 6.69. The van der Waals surface area contributed by atoms with E-state index in [0.717, 1.165) is 12.8 Å². The first kappa shape index (κ1) is 14.7. The predicted octanol–water partition coefficient (Wildman–Crippen LogP) is 2.21. The molecule has 0 heterocycles. The van der Waals surface area contributed by atoms with Gasteiger partial charge in [0.25, 0.3) is 0 Å². The zero-order chi connectivity index (χ0) is 13.4. The molecule has 0 aliphatic rings. The van der Waals surface area contributed by atoms with E-state index >= 15 is 0 Å². The summed E-state index contributed by atoms with van der Waals surface area (Å²) in [6.07, 6.45) is 2.17. The number of benzene rings is 1. The van der Waals surface area contributed by atoms with Crippen LogP contribution in [-0.4, -0.2) is 19.0 Å². The molecule has 100 valence electrons. The maximum absolute atomic E-state index is 11.4. The van der Waals surface area contributed by atoms with Crippen LogP contribution in [0.1, 0.15) is 43.7 Å². The Bertz CT molecular complexity index is 357. The molecule has 3 nitrogen and oxygen atoms in total. The molecule has 3 heteroatoms. The summed E-state index contributed by atoms with van der Waals surface area (Å²) in [4.78, 5) is 11.4. The zero-order valence-electron chi connectivity index (χ0n) is 11.4. The number of rotatable bonds is 7. The fourth-order valence-electron chi connectivity index (χ4n) is 1.77. The fraction of sp³-hybridized carbons (Fsp3) is 0.533. The Balaban J connectivity index is 2.29. The van der Waals surface area contributed by atoms with Crippen molar-refractivity contribution in [2.24, 2.45) is 5.73 Å². The number of hydrogen-bond acceptors (Lipinski definition) is 2. The van der Waals surface area contributed by atoms with Crippen LogP contribution >= 0.6 is 0 Å². The van der Waals surface area contributed by atoms with Gasteiger partial charge in [-0.1, -0.05) is 38.1 Å². The van der Waals surface area contributed by atoms with Crippen molar-refractivity contribution in [3.05, 3.63) is 35.4 Å². The minimum Gasteiger partial charge on any atom is -0.356 e. The van der Waals surface area contributed by atoms with E-state index in [1.54, 1.807) is 0 Å². The predicted molar refractivity (Wildman–Crippen MR) is 75.5 cm³/mol. The van der Waals surface area contributed by atoms with Crippen LogP contribution < -0.4 is 11.1 Å². The van der Waals surface area contributed by atoms with Crippen molar-refractivity contribution in [2.45, 2.75) is 39.0 Å². The van der Waals surface area contributed by atoms with Crippen molar-refractivity contribution < 1.29 is 4.79 Å². The lowest BCUT2D eigenvalue weighted by molar-refractivity contribution is -0.121. The summed E-state index contributed by atoms with van der Waals surface area (Å²) in [7, 11) is 0. The van der Waals surface area contributed by atoms with Gasteiger partial charge in [-0.05, 0) is 36.4 Å². The van der Waals surface area contributed by atoms with Gasteiger partial charge >= 0.3 is 0 Å². The van der Waals surface area contributed by atoms with Crippen LogP contribution in [0.5, 0.6) is 0 Å². The van der Waals surface area contributed by atoms with Crippen molar-refractivity contribution in [2.75, 3.05) is 13.1 Å². The van der Waals surface area contributed by atoms with Gasteiger partial charge in [-0.15, -0.1) is 0 Å². The normalized spacial score (nSPS) is 10.7. The highest BCUT2D eigenvalue weighted by Crippen LogP contribution is 2.14. The highest BCUT2D eigenvalue weighted by atomic mass is 16.1. The molecule has 0 bridgehead atoms. The van der Waals surface area contributed by atoms with Gasteiger partial charge in [0.05, 0.1) is 0 Å². The van der Waals surface area contributed by atoms with Gasteiger partial charge in [-0.2, -0.15) is 0 Å². The molecule has 1 aromatic carbocycles. The zero-order valence-corrected chi connectivity index (χ0v) is 11.4. The maximum atomic E-state index is 11.4. The third kappa shape index (κ3) is 5.32. The van der Waals surface area contributed by atoms with E-state index in [2.05, 4.69) is 43.4 Å². The molecule has 0 spiro atoms. The molecular formula is C15H24N2O. The summed E-state index contributed by atoms with van der Waals surface area (Å²) in [5.41, 5.74) is 7.97. The lowest BCUT2D eigenvalue weighted by atomic mass is 10.0. The van der Waals surface area contributed by atoms with Gasteiger partial charge in [0, 0.05) is 13.0 Å². The third-order valence-electron chi connectivity index (χ3n) is 2.99. The standard InChI is InChI=1S/C15H24N2O/c1-12(2)14-7-5-13(6-8-14)9-11-17-15(18)4-3-10-16/h5-8,12H,3-4,9-11,16H2,1-2H3,(H,17,18). The monoisotopic (exact) mass is 248 g/mol. The van der Waals surface area contributed by atoms with Gasteiger partial charge in [0.1, 0.15) is 0 Å². The first-order chi connectivity index (χ1) is 8.63. The van der Waals surface area contributed by atoms with Crippen molar-refractivity contribution in [1.29, 1.82) is 0 Å². The topological polar surface area (TPSA) is 55.1 Å². The Hall–Kier alpha value is -1.35. The highest BCUT2D eigenvalue weighted by Gasteiger charge is 2.01. The quantitative estimate of drug-likeness (QED) is 0.777. The maximum Gasteiger partial charge on any atom is 0.220 e. The smallest absolute Gasteiger partial charge is 0.220 e. The molecule has 1 aromatic rings. The lowest BCUT2D eigenvalue weighted by Gasteiger charge is -2.08. The van der Waals surface area contributed by atoms with Gasteiger partial charge in [-0.25, -0.2) is 0 Å². The van der Waals surface area contributed by atoms with Crippen LogP contribution in [0.3, 0.4) is 0 Å². The van der Waals surface area contributed by atoms with Crippen molar-refractivity contribution in [1.82, 2.24) is 5.32 Å². The van der Waals surface area contributed by atoms with E-state index in [1.807, 2.05) is 0 Å². The van der Waals surface area contributed by atoms with Crippen molar-refractivity contribution >= 4 is 5.91 Å². The first-order valence-corrected chi connectivity index (χ1v) is 6.69. The molecule has 0 fully saturated rings. The molecule has 18 heavy (non-hydrogen) atoms. The van der Waals surface area contributed by atoms with Crippen molar-refractivity contribution in [3.8, 4) is 0 Å². The summed E-state index contributed by atoms with van der Waals surface area (Å²) in [6.45, 7) is 5.65. The molecule has 0 aliphatic carbocycles. The van der Waals surface area contributed by atoms with Crippen LogP contribution in [0, 0.1) is 0 Å². The summed E-state index contributed by atoms with van der Waals surface area (Å²) < 4.78 is 0. The van der Waals surface area contributed by atoms with E-state index < -0.39 is 0 Å². The van der Waals surface area contributed by atoms with Crippen LogP contribution in [0.4, 0.5) is 0 Å². The Labute approximate surface area is 110 Å². The molecule has 1 amide bonds. The molecule has 0 atom stereocenters. The Morgan fingerprint density at radius 1 is 1.28 bits per heavy atom. The fourth-order valence-corrected chi connectivity index (χ4v) is 1.77. The second-order valence-electron chi connectivity index (χ2n) is 4.89. The summed E-state index contributed by atoms with van der Waals surface area (Å²) >= 11 is 0. The lowest BCUT2D eigenvalue weighted by Crippen LogP contribution is -2.25. The Morgan fingerprint density at radius 2 is 1.94 bits per heavy atom. The van der Waals surface area contributed by atoms with Crippen LogP contribution in [0.2, 0.25) is 0 Å². The van der Waals surface area contributed by atoms with Gasteiger partial charge < -0.3 is 11.1 Å². The molecule has 0 unspecified atom stereocenters. The molecule has 0 saturated carbocycles. The number of carbonyl (C=O) groups is 1. The SMILES string of the molecule is CC(C)c1ccc(CCNC(=O)CCCN)cc1. The van der Waals surface area contributed by atoms with Crippen LogP contribution in [0.15, 0.2) is 24.3 Å². The summed E-state index contributed by atoms with van der Waals surface area (Å²) in [5, 5.41) is 2.91. The Kier molecular flexibility index (Phi) is 6.44. The third-order valence-corrected chi connectivity index (χ3v) is 2.99. The molecule has 0 aliphatic heterocycles. The molecule has 3 N–H and O–H groups in total. The summed E-state index contributed by atoms with van der Waals surface area (Å²) in [5.74, 6) is 0.661. The van der Waals surface area contributed by atoms with E-state index in [0.29, 0.717) is 25.4 Å². The van der Waals surface area contributed by atoms with Crippen LogP contribution in [-0.2, 0) is 11.2 Å². The molecule has 0 aromatic heterocycles. The van der Waals surface area contributed by atoms with E-state index in [1.165, 1.54) is 11.1 Å². The minimum atomic E-state index is 0.0965. The molecule has 0 saturated heterocycles. The van der Waals surface area contributed by atoms with Gasteiger partial charge in [0.2, 0.25) is 5.91 Å². The summed E-state index contributed by atoms with van der Waals surface area (Å²) in [6, 6.07) is 8.61. The second-order valence-corrected chi connectivity index (χ2v) is 4.89. The minimum absolute atomic E-state index is 0.0965. The average molecular weight is 248 g/mol. The number of amides is 1. The highest BCUT2D eigenvalue weighted by molar-refractivity contribution is 5.75. The second kappa shape index (κ2) is 7.88. The largest absolute Gasteiger partial charge is 0.356 e. The Morgan fingerprint density at radius 3 is 2.50 bits per heavy atom. The number of nitrogens with one attached hydrogen (secondary N) is 1. The van der Waals surface area contributed by atoms with Crippen LogP contribution in [0.25, 0.3) is 0 Å². The average Bonchev–Trinajstić information content (AvgIpc) is 2.37. The number of hydrogen-bond donors (Lipinski definition) is 2. The van der Waals surface area contributed by atoms with E-state index in [4.69, 9.17) is 5.73 Å². The van der Waals surface area contributed by atoms with Crippen molar-refractivity contribution in [3.63, 3.8) is 0 Å². The molecule has 1 rings (SSSR count). The molecule has 0 radical (unpaired) electrons. The van der Waals surface area contributed by atoms with E-state index in [9.17, 15) is 4.79 Å². The number of carbonyl (C=O) groups excluding carboxylic acids is 1.